The number of fused-ring (bicyclic) bond motifs is 1. The van der Waals surface area contributed by atoms with Crippen molar-refractivity contribution in [3.05, 3.63) is 48.0 Å². The summed E-state index contributed by atoms with van der Waals surface area (Å²) in [5.41, 5.74) is 2.46. The maximum atomic E-state index is 8.78. The molecule has 0 aromatic heterocycles. The standard InChI is InChI=1S/C12H10N2O2/c15-13-10-7-6-9-11(14-16-12(9)10)8-4-2-1-3-5-8/h1-7,9,12,15H/b13-10+/t9-,12+/m1/s1. The molecular formula is C12H10N2O2. The fraction of sp³-hybridized carbons (Fsp3) is 0.167. The van der Waals surface area contributed by atoms with Crippen LogP contribution < -0.4 is 0 Å². The van der Waals surface area contributed by atoms with Crippen LogP contribution in [0.15, 0.2) is 52.8 Å². The van der Waals surface area contributed by atoms with E-state index in [-0.39, 0.29) is 12.0 Å². The summed E-state index contributed by atoms with van der Waals surface area (Å²) < 4.78 is 0. The van der Waals surface area contributed by atoms with Crippen molar-refractivity contribution in [1.29, 1.82) is 0 Å². The first-order valence-electron chi connectivity index (χ1n) is 5.09. The Morgan fingerprint density at radius 3 is 2.81 bits per heavy atom. The van der Waals surface area contributed by atoms with Gasteiger partial charge in [-0.2, -0.15) is 0 Å². The first-order valence-corrected chi connectivity index (χ1v) is 5.09. The average molecular weight is 214 g/mol. The molecule has 2 atom stereocenters. The lowest BCUT2D eigenvalue weighted by molar-refractivity contribution is 0.120. The quantitative estimate of drug-likeness (QED) is 0.572. The van der Waals surface area contributed by atoms with Crippen molar-refractivity contribution >= 4 is 11.4 Å². The normalized spacial score (nSPS) is 29.0. The molecule has 1 aromatic carbocycles. The van der Waals surface area contributed by atoms with Gasteiger partial charge in [0.05, 0.1) is 11.6 Å². The van der Waals surface area contributed by atoms with Crippen molar-refractivity contribution in [1.82, 2.24) is 0 Å². The van der Waals surface area contributed by atoms with E-state index in [1.807, 2.05) is 36.4 Å². The highest BCUT2D eigenvalue weighted by Crippen LogP contribution is 2.29. The van der Waals surface area contributed by atoms with Gasteiger partial charge >= 0.3 is 0 Å². The first kappa shape index (κ1) is 9.15. The van der Waals surface area contributed by atoms with Crippen molar-refractivity contribution in [3.63, 3.8) is 0 Å². The van der Waals surface area contributed by atoms with Crippen LogP contribution in [0.25, 0.3) is 0 Å². The first-order chi connectivity index (χ1) is 7.90. The van der Waals surface area contributed by atoms with Gasteiger partial charge in [-0.3, -0.25) is 0 Å². The summed E-state index contributed by atoms with van der Waals surface area (Å²) in [4.78, 5) is 5.28. The predicted octanol–water partition coefficient (Wildman–Crippen LogP) is 1.81. The molecule has 16 heavy (non-hydrogen) atoms. The van der Waals surface area contributed by atoms with Crippen LogP contribution in [0, 0.1) is 5.92 Å². The van der Waals surface area contributed by atoms with E-state index in [9.17, 15) is 0 Å². The van der Waals surface area contributed by atoms with Gasteiger partial charge in [-0.15, -0.1) is 0 Å². The van der Waals surface area contributed by atoms with Crippen LogP contribution >= 0.6 is 0 Å². The molecule has 1 N–H and O–H groups in total. The van der Waals surface area contributed by atoms with Crippen LogP contribution in [-0.4, -0.2) is 22.7 Å². The Balaban J connectivity index is 1.94. The smallest absolute Gasteiger partial charge is 0.184 e. The number of nitrogens with zero attached hydrogens (tertiary/aromatic N) is 2. The van der Waals surface area contributed by atoms with Crippen LogP contribution in [0.5, 0.6) is 0 Å². The SMILES string of the molecule is O/N=C1\C=C[C@@H]2C(c3ccccc3)=NO[C@H]12. The highest BCUT2D eigenvalue weighted by Gasteiger charge is 2.39. The molecule has 80 valence electrons. The summed E-state index contributed by atoms with van der Waals surface area (Å²) in [6.45, 7) is 0. The van der Waals surface area contributed by atoms with Crippen molar-refractivity contribution in [2.75, 3.05) is 0 Å². The van der Waals surface area contributed by atoms with E-state index in [1.54, 1.807) is 6.08 Å². The number of rotatable bonds is 1. The molecule has 1 heterocycles. The van der Waals surface area contributed by atoms with Gasteiger partial charge in [-0.05, 0) is 6.08 Å². The molecule has 0 radical (unpaired) electrons. The zero-order chi connectivity index (χ0) is 11.0. The zero-order valence-electron chi connectivity index (χ0n) is 8.45. The summed E-state index contributed by atoms with van der Waals surface area (Å²) in [6.07, 6.45) is 3.46. The Kier molecular flexibility index (Phi) is 1.99. The van der Waals surface area contributed by atoms with Crippen LogP contribution in [0.2, 0.25) is 0 Å². The van der Waals surface area contributed by atoms with E-state index in [0.717, 1.165) is 11.3 Å². The second kappa shape index (κ2) is 3.48. The molecule has 0 saturated heterocycles. The van der Waals surface area contributed by atoms with Crippen molar-refractivity contribution in [3.8, 4) is 0 Å². The zero-order valence-corrected chi connectivity index (χ0v) is 8.45. The van der Waals surface area contributed by atoms with Crippen molar-refractivity contribution in [2.45, 2.75) is 6.10 Å². The molecule has 0 unspecified atom stereocenters. The third-order valence-corrected chi connectivity index (χ3v) is 2.86. The van der Waals surface area contributed by atoms with Crippen LogP contribution in [-0.2, 0) is 4.84 Å². The molecule has 0 bridgehead atoms. The molecular weight excluding hydrogens is 204 g/mol. The fourth-order valence-corrected chi connectivity index (χ4v) is 2.05. The third kappa shape index (κ3) is 1.23. The maximum Gasteiger partial charge on any atom is 0.184 e. The monoisotopic (exact) mass is 214 g/mol. The molecule has 1 aliphatic carbocycles. The molecule has 2 aliphatic rings. The van der Waals surface area contributed by atoms with Crippen molar-refractivity contribution in [2.24, 2.45) is 16.2 Å². The number of oxime groups is 2. The van der Waals surface area contributed by atoms with Gasteiger partial charge in [-0.25, -0.2) is 0 Å². The largest absolute Gasteiger partial charge is 0.411 e. The molecule has 4 heteroatoms. The maximum absolute atomic E-state index is 8.78. The Labute approximate surface area is 92.5 Å². The van der Waals surface area contributed by atoms with Gasteiger partial charge < -0.3 is 10.0 Å². The van der Waals surface area contributed by atoms with Crippen molar-refractivity contribution < 1.29 is 10.0 Å². The van der Waals surface area contributed by atoms with Gasteiger partial charge in [0, 0.05) is 5.56 Å². The number of hydrogen-bond donors (Lipinski definition) is 1. The van der Waals surface area contributed by atoms with Gasteiger partial charge in [0.15, 0.2) is 6.10 Å². The van der Waals surface area contributed by atoms with Gasteiger partial charge in [0.1, 0.15) is 5.71 Å². The van der Waals surface area contributed by atoms with Gasteiger partial charge in [0.2, 0.25) is 0 Å². The molecule has 4 nitrogen and oxygen atoms in total. The van der Waals surface area contributed by atoms with E-state index in [1.165, 1.54) is 0 Å². The predicted molar refractivity (Wildman–Crippen MR) is 59.7 cm³/mol. The molecule has 3 rings (SSSR count). The fourth-order valence-electron chi connectivity index (χ4n) is 2.05. The number of hydrogen-bond acceptors (Lipinski definition) is 4. The summed E-state index contributed by atoms with van der Waals surface area (Å²) >= 11 is 0. The topological polar surface area (TPSA) is 54.2 Å². The Bertz CT molecular complexity index is 491. The summed E-state index contributed by atoms with van der Waals surface area (Å²) in [5, 5.41) is 16.0. The Hall–Kier alpha value is -2.10. The molecule has 1 aromatic rings. The summed E-state index contributed by atoms with van der Waals surface area (Å²) in [6, 6.07) is 9.87. The highest BCUT2D eigenvalue weighted by atomic mass is 16.6. The lowest BCUT2D eigenvalue weighted by Crippen LogP contribution is -2.24. The third-order valence-electron chi connectivity index (χ3n) is 2.86. The second-order valence-electron chi connectivity index (χ2n) is 3.78. The van der Waals surface area contributed by atoms with E-state index < -0.39 is 0 Å². The molecule has 0 fully saturated rings. The highest BCUT2D eigenvalue weighted by molar-refractivity contribution is 6.13. The van der Waals surface area contributed by atoms with E-state index in [0.29, 0.717) is 5.71 Å². The lowest BCUT2D eigenvalue weighted by Gasteiger charge is -2.08. The second-order valence-corrected chi connectivity index (χ2v) is 3.78. The minimum absolute atomic E-state index is 0.0632. The molecule has 1 aliphatic heterocycles. The van der Waals surface area contributed by atoms with Crippen LogP contribution in [0.1, 0.15) is 5.56 Å². The molecule has 0 amide bonds. The Morgan fingerprint density at radius 2 is 2.06 bits per heavy atom. The van der Waals surface area contributed by atoms with E-state index >= 15 is 0 Å². The van der Waals surface area contributed by atoms with E-state index in [4.69, 9.17) is 10.0 Å². The molecule has 0 saturated carbocycles. The Morgan fingerprint density at radius 1 is 1.25 bits per heavy atom. The number of benzene rings is 1. The summed E-state index contributed by atoms with van der Waals surface area (Å²) in [5.74, 6) is 0.0632. The van der Waals surface area contributed by atoms with E-state index in [2.05, 4.69) is 10.3 Å². The van der Waals surface area contributed by atoms with Gasteiger partial charge in [0.25, 0.3) is 0 Å². The summed E-state index contributed by atoms with van der Waals surface area (Å²) in [7, 11) is 0. The average Bonchev–Trinajstić information content (AvgIpc) is 2.90. The minimum atomic E-state index is -0.264. The lowest BCUT2D eigenvalue weighted by atomic mass is 9.95. The van der Waals surface area contributed by atoms with Crippen LogP contribution in [0.3, 0.4) is 0 Å². The molecule has 0 spiro atoms. The minimum Gasteiger partial charge on any atom is -0.411 e. The van der Waals surface area contributed by atoms with Crippen LogP contribution in [0.4, 0.5) is 0 Å². The van der Waals surface area contributed by atoms with Gasteiger partial charge in [-0.1, -0.05) is 46.7 Å².